The molecule has 6 heteroatoms. The Labute approximate surface area is 402 Å². The molecule has 0 saturated carbocycles. The Kier molecular flexibility index (Phi) is 50.9. The predicted molar refractivity (Wildman–Crippen MR) is 279 cm³/mol. The van der Waals surface area contributed by atoms with Gasteiger partial charge in [-0.15, -0.1) is 0 Å². The molecular weight excluding hydrogens is 805 g/mol. The Morgan fingerprint density at radius 1 is 0.308 bits per heavy atom. The predicted octanol–water partition coefficient (Wildman–Crippen LogP) is 18.2. The van der Waals surface area contributed by atoms with E-state index in [1.54, 1.807) is 0 Å². The molecule has 0 unspecified atom stereocenters. The second kappa shape index (κ2) is 53.5. The molecule has 0 aromatic carbocycles. The first-order valence-corrected chi connectivity index (χ1v) is 27.4. The van der Waals surface area contributed by atoms with Crippen LogP contribution >= 0.6 is 0 Å². The van der Waals surface area contributed by atoms with Crippen molar-refractivity contribution in [2.75, 3.05) is 13.2 Å². The van der Waals surface area contributed by atoms with Crippen LogP contribution in [0.2, 0.25) is 0 Å². The Hall–Kier alpha value is -3.15. The lowest BCUT2D eigenvalue weighted by Crippen LogP contribution is -2.30. The van der Waals surface area contributed by atoms with Crippen molar-refractivity contribution in [2.45, 2.75) is 271 Å². The lowest BCUT2D eigenvalue weighted by molar-refractivity contribution is -0.167. The normalized spacial score (nSPS) is 12.6. The quantitative estimate of drug-likeness (QED) is 0.0262. The third kappa shape index (κ3) is 51.7. The van der Waals surface area contributed by atoms with Gasteiger partial charge in [-0.2, -0.15) is 0 Å². The number of carbonyl (C=O) groups excluding carboxylic acids is 3. The van der Waals surface area contributed by atoms with Crippen LogP contribution in [0.1, 0.15) is 265 Å². The van der Waals surface area contributed by atoms with Crippen molar-refractivity contribution in [1.29, 1.82) is 0 Å². The van der Waals surface area contributed by atoms with Crippen LogP contribution in [0.4, 0.5) is 0 Å². The van der Waals surface area contributed by atoms with Gasteiger partial charge in [0.15, 0.2) is 6.10 Å². The average Bonchev–Trinajstić information content (AvgIpc) is 3.30. The van der Waals surface area contributed by atoms with Gasteiger partial charge in [0.1, 0.15) is 13.2 Å². The minimum atomic E-state index is -0.806. The van der Waals surface area contributed by atoms with Crippen molar-refractivity contribution < 1.29 is 28.6 Å². The molecule has 0 radical (unpaired) electrons. The zero-order valence-corrected chi connectivity index (χ0v) is 42.7. The molecule has 6 nitrogen and oxygen atoms in total. The molecule has 0 bridgehead atoms. The maximum atomic E-state index is 12.8. The van der Waals surface area contributed by atoms with Crippen molar-refractivity contribution in [3.8, 4) is 0 Å². The average molecular weight is 907 g/mol. The molecule has 0 aliphatic rings. The van der Waals surface area contributed by atoms with Gasteiger partial charge in [-0.3, -0.25) is 14.4 Å². The summed E-state index contributed by atoms with van der Waals surface area (Å²) in [6.07, 6.45) is 67.5. The Bertz CT molecular complexity index is 1230. The van der Waals surface area contributed by atoms with Gasteiger partial charge in [-0.25, -0.2) is 0 Å². The zero-order valence-electron chi connectivity index (χ0n) is 42.7. The third-order valence-electron chi connectivity index (χ3n) is 11.7. The van der Waals surface area contributed by atoms with Gasteiger partial charge in [0, 0.05) is 19.3 Å². The van der Waals surface area contributed by atoms with Gasteiger partial charge in [-0.1, -0.05) is 216 Å². The first-order chi connectivity index (χ1) is 32.0. The topological polar surface area (TPSA) is 78.9 Å². The van der Waals surface area contributed by atoms with Crippen molar-refractivity contribution >= 4 is 17.9 Å². The summed E-state index contributed by atoms with van der Waals surface area (Å²) in [5.41, 5.74) is 0. The first kappa shape index (κ1) is 61.9. The Morgan fingerprint density at radius 3 is 1.00 bits per heavy atom. The molecule has 0 fully saturated rings. The Balaban J connectivity index is 4.42. The molecule has 0 saturated heterocycles. The van der Waals surface area contributed by atoms with Crippen LogP contribution in [-0.4, -0.2) is 37.2 Å². The fourth-order valence-electron chi connectivity index (χ4n) is 7.47. The van der Waals surface area contributed by atoms with Gasteiger partial charge in [0.05, 0.1) is 0 Å². The molecule has 1 atom stereocenters. The van der Waals surface area contributed by atoms with E-state index in [1.165, 1.54) is 141 Å². The number of esters is 3. The highest BCUT2D eigenvalue weighted by molar-refractivity contribution is 5.71. The standard InChI is InChI=1S/C59H102O6/c1-4-7-10-13-16-19-22-24-26-28-29-31-32-34-37-40-43-46-49-52-58(61)64-55-56(54-63-57(60)51-48-45-42-39-36-21-18-15-12-9-6-3)65-59(62)53-50-47-44-41-38-35-33-30-27-25-23-20-17-14-11-8-5-2/h15-16,18-19,24-27,33,35,41,44,56H,4-14,17,20-23,28-32,34,36-40,42-43,45-55H2,1-3H3/b18-15-,19-16-,26-24-,27-25-,35-33-,44-41-/t56-/m0/s1. The van der Waals surface area contributed by atoms with E-state index in [4.69, 9.17) is 14.2 Å². The van der Waals surface area contributed by atoms with Crippen LogP contribution in [0.5, 0.6) is 0 Å². The van der Waals surface area contributed by atoms with E-state index < -0.39 is 6.10 Å². The second-order valence-electron chi connectivity index (χ2n) is 18.1. The van der Waals surface area contributed by atoms with Crippen LogP contribution in [0.3, 0.4) is 0 Å². The van der Waals surface area contributed by atoms with Crippen LogP contribution < -0.4 is 0 Å². The molecule has 0 amide bonds. The maximum absolute atomic E-state index is 12.8. The molecule has 0 N–H and O–H groups in total. The zero-order chi connectivity index (χ0) is 47.2. The van der Waals surface area contributed by atoms with Crippen molar-refractivity contribution in [3.63, 3.8) is 0 Å². The summed E-state index contributed by atoms with van der Waals surface area (Å²) in [7, 11) is 0. The molecule has 0 spiro atoms. The van der Waals surface area contributed by atoms with E-state index >= 15 is 0 Å². The summed E-state index contributed by atoms with van der Waals surface area (Å²) >= 11 is 0. The van der Waals surface area contributed by atoms with Gasteiger partial charge in [0.2, 0.25) is 0 Å². The fraction of sp³-hybridized carbons (Fsp3) is 0.746. The number of unbranched alkanes of at least 4 members (excludes halogenated alkanes) is 26. The van der Waals surface area contributed by atoms with Gasteiger partial charge < -0.3 is 14.2 Å². The van der Waals surface area contributed by atoms with Crippen LogP contribution in [0, 0.1) is 0 Å². The number of hydrogen-bond acceptors (Lipinski definition) is 6. The minimum Gasteiger partial charge on any atom is -0.462 e. The number of rotatable bonds is 49. The van der Waals surface area contributed by atoms with Crippen molar-refractivity contribution in [2.24, 2.45) is 0 Å². The lowest BCUT2D eigenvalue weighted by Gasteiger charge is -2.18. The van der Waals surface area contributed by atoms with E-state index in [1.807, 2.05) is 0 Å². The summed E-state index contributed by atoms with van der Waals surface area (Å²) < 4.78 is 16.8. The largest absolute Gasteiger partial charge is 0.462 e. The summed E-state index contributed by atoms with van der Waals surface area (Å²) in [6, 6.07) is 0. The van der Waals surface area contributed by atoms with Crippen molar-refractivity contribution in [3.05, 3.63) is 72.9 Å². The fourth-order valence-corrected chi connectivity index (χ4v) is 7.47. The van der Waals surface area contributed by atoms with Gasteiger partial charge in [0.25, 0.3) is 0 Å². The van der Waals surface area contributed by atoms with Crippen LogP contribution in [-0.2, 0) is 28.6 Å². The second-order valence-corrected chi connectivity index (χ2v) is 18.1. The molecule has 0 aliphatic heterocycles. The highest BCUT2D eigenvalue weighted by atomic mass is 16.6. The highest BCUT2D eigenvalue weighted by Gasteiger charge is 2.19. The molecule has 374 valence electrons. The molecule has 0 aliphatic carbocycles. The van der Waals surface area contributed by atoms with Crippen LogP contribution in [0.25, 0.3) is 0 Å². The highest BCUT2D eigenvalue weighted by Crippen LogP contribution is 2.14. The number of carbonyl (C=O) groups is 3. The summed E-state index contributed by atoms with van der Waals surface area (Å²) in [6.45, 7) is 6.52. The van der Waals surface area contributed by atoms with E-state index in [0.29, 0.717) is 19.3 Å². The minimum absolute atomic E-state index is 0.100. The summed E-state index contributed by atoms with van der Waals surface area (Å²) in [5, 5.41) is 0. The third-order valence-corrected chi connectivity index (χ3v) is 11.7. The Morgan fingerprint density at radius 2 is 0.585 bits per heavy atom. The maximum Gasteiger partial charge on any atom is 0.306 e. The number of ether oxygens (including phenoxy) is 3. The molecular formula is C59H102O6. The SMILES string of the molecule is CCCC/C=C\CCCCCCCC(=O)OC[C@@H](COC(=O)CCCCCCCCCCC/C=C\C/C=C\CCCCC)OC(=O)CCC/C=C\C/C=C\C/C=C\CCCCCCCC. The monoisotopic (exact) mass is 907 g/mol. The van der Waals surface area contributed by atoms with E-state index in [2.05, 4.69) is 93.7 Å². The smallest absolute Gasteiger partial charge is 0.306 e. The number of hydrogen-bond donors (Lipinski definition) is 0. The summed E-state index contributed by atoms with van der Waals surface area (Å²) in [4.78, 5) is 38.0. The van der Waals surface area contributed by atoms with Crippen LogP contribution in [0.15, 0.2) is 72.9 Å². The van der Waals surface area contributed by atoms with E-state index in [9.17, 15) is 14.4 Å². The summed E-state index contributed by atoms with van der Waals surface area (Å²) in [5.74, 6) is -0.963. The van der Waals surface area contributed by atoms with Crippen molar-refractivity contribution in [1.82, 2.24) is 0 Å². The molecule has 0 aromatic heterocycles. The van der Waals surface area contributed by atoms with E-state index in [-0.39, 0.29) is 37.5 Å². The van der Waals surface area contributed by atoms with E-state index in [0.717, 1.165) is 77.0 Å². The molecule has 65 heavy (non-hydrogen) atoms. The molecule has 0 rings (SSSR count). The number of allylic oxidation sites excluding steroid dienone is 12. The lowest BCUT2D eigenvalue weighted by atomic mass is 10.1. The molecule has 0 aromatic rings. The van der Waals surface area contributed by atoms with Gasteiger partial charge >= 0.3 is 17.9 Å². The van der Waals surface area contributed by atoms with Gasteiger partial charge in [-0.05, 0) is 103 Å². The molecule has 0 heterocycles. The first-order valence-electron chi connectivity index (χ1n) is 27.4.